The van der Waals surface area contributed by atoms with E-state index >= 15 is 0 Å². The van der Waals surface area contributed by atoms with Gasteiger partial charge in [0.2, 0.25) is 0 Å². The third-order valence-electron chi connectivity index (χ3n) is 3.31. The molecule has 3 N–H and O–H groups in total. The van der Waals surface area contributed by atoms with Crippen LogP contribution in [0.15, 0.2) is 18.2 Å². The highest BCUT2D eigenvalue weighted by atomic mass is 15.1. The summed E-state index contributed by atoms with van der Waals surface area (Å²) >= 11 is 0. The standard InChI is InChI=1S/C13H21N3/c1-10-5-3-7-12(13(10)14)15-11-6-4-8-16(2)9-11/h3,5,7,11,15H,4,6,8-9,14H2,1-2H3. The number of aryl methyl sites for hydroxylation is 1. The topological polar surface area (TPSA) is 41.3 Å². The van der Waals surface area contributed by atoms with Crippen LogP contribution >= 0.6 is 0 Å². The molecule has 0 saturated carbocycles. The Morgan fingerprint density at radius 1 is 1.44 bits per heavy atom. The second kappa shape index (κ2) is 4.74. The molecule has 2 rings (SSSR count). The summed E-state index contributed by atoms with van der Waals surface area (Å²) in [4.78, 5) is 2.37. The molecule has 0 bridgehead atoms. The van der Waals surface area contributed by atoms with Crippen molar-refractivity contribution < 1.29 is 0 Å². The number of hydrogen-bond donors (Lipinski definition) is 2. The molecule has 1 saturated heterocycles. The number of piperidine rings is 1. The fourth-order valence-corrected chi connectivity index (χ4v) is 2.31. The van der Waals surface area contributed by atoms with Crippen LogP contribution in [0.5, 0.6) is 0 Å². The van der Waals surface area contributed by atoms with E-state index in [1.807, 2.05) is 13.0 Å². The number of hydrogen-bond acceptors (Lipinski definition) is 3. The number of nitrogens with one attached hydrogen (secondary N) is 1. The van der Waals surface area contributed by atoms with Crippen LogP contribution in [-0.4, -0.2) is 31.1 Å². The van der Waals surface area contributed by atoms with Crippen molar-refractivity contribution in [2.75, 3.05) is 31.2 Å². The summed E-state index contributed by atoms with van der Waals surface area (Å²) in [6, 6.07) is 6.70. The van der Waals surface area contributed by atoms with Crippen molar-refractivity contribution in [2.24, 2.45) is 0 Å². The van der Waals surface area contributed by atoms with E-state index < -0.39 is 0 Å². The molecule has 1 aliphatic heterocycles. The summed E-state index contributed by atoms with van der Waals surface area (Å²) in [5.41, 5.74) is 9.17. The summed E-state index contributed by atoms with van der Waals surface area (Å²) in [5.74, 6) is 0. The van der Waals surface area contributed by atoms with E-state index in [9.17, 15) is 0 Å². The minimum Gasteiger partial charge on any atom is -0.397 e. The average Bonchev–Trinajstić information content (AvgIpc) is 2.25. The lowest BCUT2D eigenvalue weighted by Crippen LogP contribution is -2.39. The quantitative estimate of drug-likeness (QED) is 0.748. The maximum atomic E-state index is 6.06. The fraction of sp³-hybridized carbons (Fsp3) is 0.538. The molecule has 3 nitrogen and oxygen atoms in total. The number of benzene rings is 1. The minimum absolute atomic E-state index is 0.530. The molecule has 0 spiro atoms. The van der Waals surface area contributed by atoms with Gasteiger partial charge in [0, 0.05) is 12.6 Å². The molecule has 88 valence electrons. The molecule has 16 heavy (non-hydrogen) atoms. The van der Waals surface area contributed by atoms with Gasteiger partial charge in [-0.2, -0.15) is 0 Å². The molecule has 1 aromatic carbocycles. The Bertz CT molecular complexity index is 362. The molecule has 0 aromatic heterocycles. The first-order chi connectivity index (χ1) is 7.66. The van der Waals surface area contributed by atoms with Gasteiger partial charge in [-0.3, -0.25) is 0 Å². The number of rotatable bonds is 2. The summed E-state index contributed by atoms with van der Waals surface area (Å²) in [5, 5.41) is 3.55. The molecule has 1 atom stereocenters. The first-order valence-electron chi connectivity index (χ1n) is 5.97. The maximum absolute atomic E-state index is 6.06. The zero-order chi connectivity index (χ0) is 11.5. The Kier molecular flexibility index (Phi) is 3.34. The lowest BCUT2D eigenvalue weighted by Gasteiger charge is -2.31. The first kappa shape index (κ1) is 11.3. The van der Waals surface area contributed by atoms with Crippen LogP contribution in [-0.2, 0) is 0 Å². The van der Waals surface area contributed by atoms with E-state index in [4.69, 9.17) is 5.73 Å². The SMILES string of the molecule is Cc1cccc(NC2CCCN(C)C2)c1N. The van der Waals surface area contributed by atoms with Gasteiger partial charge in [0.05, 0.1) is 11.4 Å². The van der Waals surface area contributed by atoms with Gasteiger partial charge in [-0.15, -0.1) is 0 Å². The molecular formula is C13H21N3. The third-order valence-corrected chi connectivity index (χ3v) is 3.31. The highest BCUT2D eigenvalue weighted by Crippen LogP contribution is 2.24. The predicted molar refractivity (Wildman–Crippen MR) is 69.7 cm³/mol. The van der Waals surface area contributed by atoms with E-state index in [1.54, 1.807) is 0 Å². The molecule has 1 aliphatic rings. The molecule has 0 aliphatic carbocycles. The Balaban J connectivity index is 2.05. The smallest absolute Gasteiger partial charge is 0.0579 e. The van der Waals surface area contributed by atoms with E-state index in [-0.39, 0.29) is 0 Å². The summed E-state index contributed by atoms with van der Waals surface area (Å²) in [6.45, 7) is 4.36. The Morgan fingerprint density at radius 2 is 2.25 bits per heavy atom. The summed E-state index contributed by atoms with van der Waals surface area (Å²) in [6.07, 6.45) is 2.50. The van der Waals surface area contributed by atoms with Gasteiger partial charge in [-0.1, -0.05) is 12.1 Å². The van der Waals surface area contributed by atoms with Crippen LogP contribution in [0.25, 0.3) is 0 Å². The number of para-hydroxylation sites is 1. The van der Waals surface area contributed by atoms with Crippen LogP contribution < -0.4 is 11.1 Å². The number of likely N-dealkylation sites (tertiary alicyclic amines) is 1. The van der Waals surface area contributed by atoms with Gasteiger partial charge in [0.15, 0.2) is 0 Å². The molecule has 1 heterocycles. The van der Waals surface area contributed by atoms with Crippen molar-refractivity contribution in [1.29, 1.82) is 0 Å². The van der Waals surface area contributed by atoms with Crippen molar-refractivity contribution in [2.45, 2.75) is 25.8 Å². The molecule has 1 aromatic rings. The van der Waals surface area contributed by atoms with Crippen molar-refractivity contribution in [3.8, 4) is 0 Å². The molecule has 1 fully saturated rings. The highest BCUT2D eigenvalue weighted by molar-refractivity contribution is 5.69. The van der Waals surface area contributed by atoms with Crippen LogP contribution in [0.2, 0.25) is 0 Å². The van der Waals surface area contributed by atoms with Gasteiger partial charge >= 0.3 is 0 Å². The zero-order valence-electron chi connectivity index (χ0n) is 10.2. The normalized spacial score (nSPS) is 22.0. The largest absolute Gasteiger partial charge is 0.397 e. The summed E-state index contributed by atoms with van der Waals surface area (Å²) < 4.78 is 0. The Morgan fingerprint density at radius 3 is 3.00 bits per heavy atom. The lowest BCUT2D eigenvalue weighted by molar-refractivity contribution is 0.261. The molecule has 0 radical (unpaired) electrons. The molecule has 0 amide bonds. The van der Waals surface area contributed by atoms with Crippen molar-refractivity contribution >= 4 is 11.4 Å². The minimum atomic E-state index is 0.530. The number of nitrogen functional groups attached to an aromatic ring is 1. The second-order valence-corrected chi connectivity index (χ2v) is 4.78. The number of nitrogens with two attached hydrogens (primary N) is 1. The first-order valence-corrected chi connectivity index (χ1v) is 5.97. The Labute approximate surface area is 97.6 Å². The van der Waals surface area contributed by atoms with Crippen LogP contribution in [0, 0.1) is 6.92 Å². The van der Waals surface area contributed by atoms with Crippen molar-refractivity contribution in [1.82, 2.24) is 4.90 Å². The maximum Gasteiger partial charge on any atom is 0.0579 e. The predicted octanol–water partition coefficient (Wildman–Crippen LogP) is 2.08. The molecular weight excluding hydrogens is 198 g/mol. The van der Waals surface area contributed by atoms with Crippen LogP contribution in [0.4, 0.5) is 11.4 Å². The van der Waals surface area contributed by atoms with Gasteiger partial charge < -0.3 is 16.0 Å². The van der Waals surface area contributed by atoms with E-state index in [1.165, 1.54) is 19.4 Å². The van der Waals surface area contributed by atoms with Crippen LogP contribution in [0.1, 0.15) is 18.4 Å². The monoisotopic (exact) mass is 219 g/mol. The fourth-order valence-electron chi connectivity index (χ4n) is 2.31. The number of nitrogens with zero attached hydrogens (tertiary/aromatic N) is 1. The highest BCUT2D eigenvalue weighted by Gasteiger charge is 2.17. The molecule has 3 heteroatoms. The molecule has 1 unspecified atom stereocenters. The van der Waals surface area contributed by atoms with Crippen molar-refractivity contribution in [3.05, 3.63) is 23.8 Å². The van der Waals surface area contributed by atoms with Gasteiger partial charge in [-0.05, 0) is 45.0 Å². The Hall–Kier alpha value is -1.22. The van der Waals surface area contributed by atoms with E-state index in [0.29, 0.717) is 6.04 Å². The van der Waals surface area contributed by atoms with E-state index in [2.05, 4.69) is 29.4 Å². The second-order valence-electron chi connectivity index (χ2n) is 4.78. The lowest BCUT2D eigenvalue weighted by atomic mass is 10.1. The number of likely N-dealkylation sites (N-methyl/N-ethyl adjacent to an activating group) is 1. The van der Waals surface area contributed by atoms with Crippen molar-refractivity contribution in [3.63, 3.8) is 0 Å². The number of anilines is 2. The average molecular weight is 219 g/mol. The summed E-state index contributed by atoms with van der Waals surface area (Å²) in [7, 11) is 2.17. The van der Waals surface area contributed by atoms with Crippen LogP contribution in [0.3, 0.4) is 0 Å². The van der Waals surface area contributed by atoms with Gasteiger partial charge in [-0.25, -0.2) is 0 Å². The van der Waals surface area contributed by atoms with E-state index in [0.717, 1.165) is 23.5 Å². The van der Waals surface area contributed by atoms with Gasteiger partial charge in [0.25, 0.3) is 0 Å². The van der Waals surface area contributed by atoms with Gasteiger partial charge in [0.1, 0.15) is 0 Å². The zero-order valence-corrected chi connectivity index (χ0v) is 10.2. The third kappa shape index (κ3) is 2.47.